The third kappa shape index (κ3) is 4.20. The second kappa shape index (κ2) is 4.97. The smallest absolute Gasteiger partial charge is 0.223 e. The van der Waals surface area contributed by atoms with Gasteiger partial charge in [0.25, 0.3) is 0 Å². The number of amides is 1. The van der Waals surface area contributed by atoms with Crippen molar-refractivity contribution < 1.29 is 4.79 Å². The average Bonchev–Trinajstić information content (AvgIpc) is 2.15. The highest BCUT2D eigenvalue weighted by atomic mass is 16.2. The number of nitrogens with two attached hydrogens (primary N) is 1. The van der Waals surface area contributed by atoms with Gasteiger partial charge in [-0.25, -0.2) is 0 Å². The Morgan fingerprint density at radius 3 is 2.67 bits per heavy atom. The van der Waals surface area contributed by atoms with E-state index < -0.39 is 0 Å². The van der Waals surface area contributed by atoms with Crippen molar-refractivity contribution in [2.75, 3.05) is 19.6 Å². The topological polar surface area (TPSA) is 46.3 Å². The van der Waals surface area contributed by atoms with Crippen LogP contribution in [0.2, 0.25) is 0 Å². The van der Waals surface area contributed by atoms with Gasteiger partial charge in [0.1, 0.15) is 0 Å². The number of piperidine rings is 1. The maximum atomic E-state index is 12.0. The van der Waals surface area contributed by atoms with Gasteiger partial charge < -0.3 is 10.6 Å². The Morgan fingerprint density at radius 2 is 2.13 bits per heavy atom. The molecule has 0 aromatic rings. The van der Waals surface area contributed by atoms with Crippen LogP contribution in [0.5, 0.6) is 0 Å². The van der Waals surface area contributed by atoms with Crippen LogP contribution in [0.25, 0.3) is 0 Å². The SMILES string of the molecule is CC(C)(C)CC(=O)N1CCCC(CN)C1. The first kappa shape index (κ1) is 12.5. The van der Waals surface area contributed by atoms with E-state index in [9.17, 15) is 4.79 Å². The largest absolute Gasteiger partial charge is 0.342 e. The molecule has 1 saturated heterocycles. The van der Waals surface area contributed by atoms with Crippen LogP contribution in [-0.2, 0) is 4.79 Å². The van der Waals surface area contributed by atoms with Crippen molar-refractivity contribution in [3.8, 4) is 0 Å². The van der Waals surface area contributed by atoms with E-state index in [-0.39, 0.29) is 5.41 Å². The van der Waals surface area contributed by atoms with Crippen LogP contribution < -0.4 is 5.73 Å². The third-order valence-corrected chi connectivity index (χ3v) is 2.89. The van der Waals surface area contributed by atoms with Crippen molar-refractivity contribution in [1.29, 1.82) is 0 Å². The summed E-state index contributed by atoms with van der Waals surface area (Å²) in [6.45, 7) is 8.82. The average molecular weight is 212 g/mol. The van der Waals surface area contributed by atoms with E-state index in [4.69, 9.17) is 5.73 Å². The summed E-state index contributed by atoms with van der Waals surface area (Å²) >= 11 is 0. The second-order valence-electron chi connectivity index (χ2n) is 5.82. The first-order valence-electron chi connectivity index (χ1n) is 5.90. The standard InChI is InChI=1S/C12H24N2O/c1-12(2,3)7-11(15)14-6-4-5-10(8-13)9-14/h10H,4-9,13H2,1-3H3. The summed E-state index contributed by atoms with van der Waals surface area (Å²) < 4.78 is 0. The Labute approximate surface area is 93.0 Å². The summed E-state index contributed by atoms with van der Waals surface area (Å²) in [7, 11) is 0. The zero-order valence-corrected chi connectivity index (χ0v) is 10.3. The molecule has 0 aromatic carbocycles. The van der Waals surface area contributed by atoms with E-state index in [1.807, 2.05) is 4.90 Å². The lowest BCUT2D eigenvalue weighted by Crippen LogP contribution is -2.43. The van der Waals surface area contributed by atoms with Gasteiger partial charge in [-0.2, -0.15) is 0 Å². The summed E-state index contributed by atoms with van der Waals surface area (Å²) in [6.07, 6.45) is 2.93. The molecular weight excluding hydrogens is 188 g/mol. The van der Waals surface area contributed by atoms with E-state index in [0.29, 0.717) is 24.8 Å². The number of likely N-dealkylation sites (tertiary alicyclic amines) is 1. The van der Waals surface area contributed by atoms with Crippen molar-refractivity contribution >= 4 is 5.91 Å². The van der Waals surface area contributed by atoms with Crippen LogP contribution in [0, 0.1) is 11.3 Å². The molecule has 3 nitrogen and oxygen atoms in total. The molecule has 1 fully saturated rings. The van der Waals surface area contributed by atoms with E-state index in [1.165, 1.54) is 6.42 Å². The maximum Gasteiger partial charge on any atom is 0.223 e. The van der Waals surface area contributed by atoms with Crippen LogP contribution in [0.3, 0.4) is 0 Å². The van der Waals surface area contributed by atoms with Gasteiger partial charge in [-0.15, -0.1) is 0 Å². The molecule has 3 heteroatoms. The summed E-state index contributed by atoms with van der Waals surface area (Å²) in [5.41, 5.74) is 5.74. The van der Waals surface area contributed by atoms with Gasteiger partial charge in [0, 0.05) is 19.5 Å². The van der Waals surface area contributed by atoms with Gasteiger partial charge in [0.15, 0.2) is 0 Å². The molecule has 1 heterocycles. The highest BCUT2D eigenvalue weighted by Gasteiger charge is 2.25. The van der Waals surface area contributed by atoms with Crippen LogP contribution >= 0.6 is 0 Å². The lowest BCUT2D eigenvalue weighted by molar-refractivity contribution is -0.134. The minimum absolute atomic E-state index is 0.0900. The molecule has 2 N–H and O–H groups in total. The van der Waals surface area contributed by atoms with Crippen molar-refractivity contribution in [3.05, 3.63) is 0 Å². The van der Waals surface area contributed by atoms with Gasteiger partial charge in [-0.1, -0.05) is 20.8 Å². The minimum atomic E-state index is 0.0900. The molecule has 1 amide bonds. The van der Waals surface area contributed by atoms with E-state index in [1.54, 1.807) is 0 Å². The molecule has 15 heavy (non-hydrogen) atoms. The van der Waals surface area contributed by atoms with Gasteiger partial charge in [0.2, 0.25) is 5.91 Å². The first-order chi connectivity index (χ1) is 6.92. The molecule has 1 aliphatic rings. The Bertz CT molecular complexity index is 220. The van der Waals surface area contributed by atoms with Crippen molar-refractivity contribution in [2.45, 2.75) is 40.0 Å². The second-order valence-corrected chi connectivity index (χ2v) is 5.82. The number of hydrogen-bond donors (Lipinski definition) is 1. The van der Waals surface area contributed by atoms with Gasteiger partial charge in [-0.05, 0) is 30.7 Å². The lowest BCUT2D eigenvalue weighted by atomic mass is 9.90. The molecule has 0 bridgehead atoms. The van der Waals surface area contributed by atoms with Gasteiger partial charge in [-0.3, -0.25) is 4.79 Å². The molecular formula is C12H24N2O. The quantitative estimate of drug-likeness (QED) is 0.756. The monoisotopic (exact) mass is 212 g/mol. The summed E-state index contributed by atoms with van der Waals surface area (Å²) in [4.78, 5) is 14.0. The normalized spacial score (nSPS) is 22.9. The molecule has 1 rings (SSSR count). The lowest BCUT2D eigenvalue weighted by Gasteiger charge is -2.33. The highest BCUT2D eigenvalue weighted by Crippen LogP contribution is 2.22. The fraction of sp³-hybridized carbons (Fsp3) is 0.917. The molecule has 1 unspecified atom stereocenters. The Hall–Kier alpha value is -0.570. The van der Waals surface area contributed by atoms with Crippen molar-refractivity contribution in [2.24, 2.45) is 17.1 Å². The third-order valence-electron chi connectivity index (χ3n) is 2.89. The Morgan fingerprint density at radius 1 is 1.47 bits per heavy atom. The van der Waals surface area contributed by atoms with Gasteiger partial charge in [0.05, 0.1) is 0 Å². The van der Waals surface area contributed by atoms with Crippen LogP contribution in [-0.4, -0.2) is 30.4 Å². The Kier molecular flexibility index (Phi) is 4.14. The fourth-order valence-electron chi connectivity index (χ4n) is 2.05. The highest BCUT2D eigenvalue weighted by molar-refractivity contribution is 5.76. The molecule has 1 atom stereocenters. The molecule has 0 aliphatic carbocycles. The van der Waals surface area contributed by atoms with Crippen LogP contribution in [0.4, 0.5) is 0 Å². The van der Waals surface area contributed by atoms with E-state index in [2.05, 4.69) is 20.8 Å². The van der Waals surface area contributed by atoms with Gasteiger partial charge >= 0.3 is 0 Å². The molecule has 0 radical (unpaired) electrons. The van der Waals surface area contributed by atoms with E-state index >= 15 is 0 Å². The van der Waals surface area contributed by atoms with Crippen molar-refractivity contribution in [3.63, 3.8) is 0 Å². The summed E-state index contributed by atoms with van der Waals surface area (Å²) in [5.74, 6) is 0.809. The number of hydrogen-bond acceptors (Lipinski definition) is 2. The molecule has 1 aliphatic heterocycles. The molecule has 0 saturated carbocycles. The van der Waals surface area contributed by atoms with E-state index in [0.717, 1.165) is 19.5 Å². The molecule has 88 valence electrons. The van der Waals surface area contributed by atoms with Crippen LogP contribution in [0.1, 0.15) is 40.0 Å². The number of carbonyl (C=O) groups is 1. The first-order valence-corrected chi connectivity index (χ1v) is 5.90. The van der Waals surface area contributed by atoms with Crippen molar-refractivity contribution in [1.82, 2.24) is 4.90 Å². The predicted molar refractivity (Wildman–Crippen MR) is 62.4 cm³/mol. The zero-order chi connectivity index (χ0) is 11.5. The number of carbonyl (C=O) groups excluding carboxylic acids is 1. The Balaban J connectivity index is 2.45. The van der Waals surface area contributed by atoms with Crippen LogP contribution in [0.15, 0.2) is 0 Å². The predicted octanol–water partition coefficient (Wildman–Crippen LogP) is 1.62. The number of nitrogens with zero attached hydrogens (tertiary/aromatic N) is 1. The zero-order valence-electron chi connectivity index (χ0n) is 10.3. The number of rotatable bonds is 2. The fourth-order valence-corrected chi connectivity index (χ4v) is 2.05. The molecule has 0 spiro atoms. The summed E-state index contributed by atoms with van der Waals surface area (Å²) in [6, 6.07) is 0. The minimum Gasteiger partial charge on any atom is -0.342 e. The maximum absolute atomic E-state index is 12.0. The molecule has 0 aromatic heterocycles. The summed E-state index contributed by atoms with van der Waals surface area (Å²) in [5, 5.41) is 0.